The molecule has 0 fully saturated rings. The Morgan fingerprint density at radius 2 is 1.29 bits per heavy atom. The van der Waals surface area contributed by atoms with Gasteiger partial charge in [0.25, 0.3) is 0 Å². The first-order valence-corrected chi connectivity index (χ1v) is 15.1. The van der Waals surface area contributed by atoms with Crippen molar-refractivity contribution in [3.63, 3.8) is 0 Å². The second-order valence-corrected chi connectivity index (χ2v) is 18.7. The average molecular weight is 367 g/mol. The fraction of sp³-hybridized carbons (Fsp3) is 0.700. The van der Waals surface area contributed by atoms with Crippen molar-refractivity contribution in [3.05, 3.63) is 35.9 Å². The van der Waals surface area contributed by atoms with E-state index in [1.54, 1.807) is 0 Å². The molecule has 2 N–H and O–H groups in total. The van der Waals surface area contributed by atoms with Gasteiger partial charge < -0.3 is 9.59 Å². The number of hydrogen-bond donors (Lipinski definition) is 2. The molecule has 0 aliphatic rings. The Morgan fingerprint density at radius 3 is 1.71 bits per heavy atom. The van der Waals surface area contributed by atoms with Gasteiger partial charge in [0.2, 0.25) is 0 Å². The van der Waals surface area contributed by atoms with E-state index < -0.39 is 16.6 Å². The minimum Gasteiger partial charge on any atom is -0.432 e. The lowest BCUT2D eigenvalue weighted by molar-refractivity contribution is 0.382. The quantitative estimate of drug-likeness (QED) is 0.563. The minimum absolute atomic E-state index is 0.00364. The molecular formula is C20H38O2Si2. The summed E-state index contributed by atoms with van der Waals surface area (Å²) in [5.74, 6) is 0.427. The Kier molecular flexibility index (Phi) is 6.70. The van der Waals surface area contributed by atoms with Gasteiger partial charge in [-0.25, -0.2) is 0 Å². The molecular weight excluding hydrogens is 328 g/mol. The summed E-state index contributed by atoms with van der Waals surface area (Å²) in [6.45, 7) is 17.0. The second-order valence-electron chi connectivity index (χ2n) is 9.74. The molecule has 1 aromatic carbocycles. The molecule has 0 aliphatic carbocycles. The molecule has 1 atom stereocenters. The van der Waals surface area contributed by atoms with Crippen molar-refractivity contribution in [2.75, 3.05) is 0 Å². The summed E-state index contributed by atoms with van der Waals surface area (Å²) in [6, 6.07) is 10.7. The smallest absolute Gasteiger partial charge is 0.188 e. The number of hydrogen-bond acceptors (Lipinski definition) is 2. The van der Waals surface area contributed by atoms with Gasteiger partial charge >= 0.3 is 0 Å². The monoisotopic (exact) mass is 366 g/mol. The Balaban J connectivity index is 3.01. The van der Waals surface area contributed by atoms with E-state index in [0.717, 1.165) is 19.3 Å². The fourth-order valence-electron chi connectivity index (χ4n) is 2.82. The van der Waals surface area contributed by atoms with Crippen LogP contribution in [0, 0.1) is 0 Å². The SMILES string of the molecule is CC(C)(CC[C@H](CC(C)(C)[Si](C)(C)O)c1ccccc1)[Si](C)(C)O. The second kappa shape index (κ2) is 7.44. The molecule has 0 radical (unpaired) electrons. The molecule has 2 nitrogen and oxygen atoms in total. The van der Waals surface area contributed by atoms with Crippen LogP contribution in [0.15, 0.2) is 30.3 Å². The Morgan fingerprint density at radius 1 is 0.833 bits per heavy atom. The third-order valence-corrected chi connectivity index (χ3v) is 13.5. The summed E-state index contributed by atoms with van der Waals surface area (Å²) >= 11 is 0. The van der Waals surface area contributed by atoms with Crippen LogP contribution in [0.4, 0.5) is 0 Å². The van der Waals surface area contributed by atoms with Crippen molar-refractivity contribution in [2.45, 2.75) is 89.1 Å². The molecule has 0 saturated heterocycles. The third-order valence-electron chi connectivity index (χ3n) is 6.46. The molecule has 0 heterocycles. The van der Waals surface area contributed by atoms with Gasteiger partial charge in [0, 0.05) is 0 Å². The van der Waals surface area contributed by atoms with E-state index in [4.69, 9.17) is 0 Å². The maximum Gasteiger partial charge on any atom is 0.188 e. The topological polar surface area (TPSA) is 40.5 Å². The first kappa shape index (κ1) is 21.6. The van der Waals surface area contributed by atoms with Crippen LogP contribution in [-0.4, -0.2) is 26.2 Å². The molecule has 0 spiro atoms. The summed E-state index contributed by atoms with van der Waals surface area (Å²) in [7, 11) is -4.42. The van der Waals surface area contributed by atoms with Crippen molar-refractivity contribution in [1.82, 2.24) is 0 Å². The maximum atomic E-state index is 10.7. The van der Waals surface area contributed by atoms with E-state index in [1.807, 2.05) is 26.2 Å². The minimum atomic E-state index is -2.23. The summed E-state index contributed by atoms with van der Waals surface area (Å²) in [5.41, 5.74) is 1.36. The fourth-order valence-corrected chi connectivity index (χ4v) is 4.32. The first-order valence-electron chi connectivity index (χ1n) is 9.17. The van der Waals surface area contributed by atoms with Gasteiger partial charge in [-0.3, -0.25) is 0 Å². The van der Waals surface area contributed by atoms with Crippen LogP contribution in [0.1, 0.15) is 58.4 Å². The zero-order valence-electron chi connectivity index (χ0n) is 17.0. The molecule has 0 aliphatic heterocycles. The predicted octanol–water partition coefficient (Wildman–Crippen LogP) is 5.90. The van der Waals surface area contributed by atoms with Crippen LogP contribution in [0.25, 0.3) is 0 Å². The molecule has 138 valence electrons. The molecule has 0 amide bonds. The van der Waals surface area contributed by atoms with Crippen LogP contribution >= 0.6 is 0 Å². The van der Waals surface area contributed by atoms with E-state index in [0.29, 0.717) is 5.92 Å². The lowest BCUT2D eigenvalue weighted by Gasteiger charge is -2.40. The van der Waals surface area contributed by atoms with Crippen molar-refractivity contribution in [1.29, 1.82) is 0 Å². The van der Waals surface area contributed by atoms with Crippen LogP contribution in [-0.2, 0) is 0 Å². The van der Waals surface area contributed by atoms with Gasteiger partial charge in [-0.15, -0.1) is 0 Å². The highest BCUT2D eigenvalue weighted by Crippen LogP contribution is 2.48. The Bertz CT molecular complexity index is 511. The van der Waals surface area contributed by atoms with E-state index in [-0.39, 0.29) is 10.1 Å². The summed E-state index contributed by atoms with van der Waals surface area (Å²) in [4.78, 5) is 21.3. The Hall–Kier alpha value is -0.426. The van der Waals surface area contributed by atoms with Gasteiger partial charge in [-0.1, -0.05) is 58.0 Å². The molecule has 1 aromatic rings. The molecule has 0 saturated carbocycles. The molecule has 4 heteroatoms. The maximum absolute atomic E-state index is 10.7. The highest BCUT2D eigenvalue weighted by Gasteiger charge is 2.41. The van der Waals surface area contributed by atoms with Gasteiger partial charge in [-0.2, -0.15) is 0 Å². The van der Waals surface area contributed by atoms with Crippen molar-refractivity contribution < 1.29 is 9.59 Å². The van der Waals surface area contributed by atoms with Crippen molar-refractivity contribution in [3.8, 4) is 0 Å². The standard InChI is InChI=1S/C20H38O2Si2/c1-19(2,23(5,6)21)15-14-18(17-12-10-9-11-13-17)16-20(3,4)24(7,8)22/h9-13,18,21-22H,14-16H2,1-8H3/t18-/m1/s1. The van der Waals surface area contributed by atoms with Crippen LogP contribution in [0.5, 0.6) is 0 Å². The summed E-state index contributed by atoms with van der Waals surface area (Å²) < 4.78 is 0. The predicted molar refractivity (Wildman–Crippen MR) is 111 cm³/mol. The molecule has 0 aromatic heterocycles. The molecule has 1 rings (SSSR count). The number of benzene rings is 1. The third kappa shape index (κ3) is 5.55. The largest absolute Gasteiger partial charge is 0.432 e. The van der Waals surface area contributed by atoms with E-state index >= 15 is 0 Å². The number of rotatable bonds is 8. The van der Waals surface area contributed by atoms with Crippen molar-refractivity contribution >= 4 is 16.6 Å². The van der Waals surface area contributed by atoms with Crippen LogP contribution in [0.2, 0.25) is 36.3 Å². The zero-order valence-corrected chi connectivity index (χ0v) is 19.0. The van der Waals surface area contributed by atoms with Gasteiger partial charge in [-0.05, 0) is 67.0 Å². The average Bonchev–Trinajstić information content (AvgIpc) is 2.42. The lowest BCUT2D eigenvalue weighted by Crippen LogP contribution is -2.41. The van der Waals surface area contributed by atoms with Gasteiger partial charge in [0.1, 0.15) is 0 Å². The summed E-state index contributed by atoms with van der Waals surface area (Å²) in [5, 5.41) is -0.0415. The van der Waals surface area contributed by atoms with Crippen LogP contribution < -0.4 is 0 Å². The lowest BCUT2D eigenvalue weighted by atomic mass is 9.84. The highest BCUT2D eigenvalue weighted by molar-refractivity contribution is 6.73. The van der Waals surface area contributed by atoms with Crippen molar-refractivity contribution in [2.24, 2.45) is 0 Å². The van der Waals surface area contributed by atoms with Gasteiger partial charge in [0.15, 0.2) is 16.6 Å². The first-order chi connectivity index (χ1) is 10.7. The van der Waals surface area contributed by atoms with E-state index in [1.165, 1.54) is 5.56 Å². The normalized spacial score (nSPS) is 15.4. The molecule has 0 unspecified atom stereocenters. The molecule has 24 heavy (non-hydrogen) atoms. The Labute approximate surface area is 151 Å². The van der Waals surface area contributed by atoms with E-state index in [9.17, 15) is 9.59 Å². The highest BCUT2D eigenvalue weighted by atomic mass is 28.4. The van der Waals surface area contributed by atoms with Crippen LogP contribution in [0.3, 0.4) is 0 Å². The van der Waals surface area contributed by atoms with E-state index in [2.05, 4.69) is 58.0 Å². The van der Waals surface area contributed by atoms with Gasteiger partial charge in [0.05, 0.1) is 0 Å². The molecule has 0 bridgehead atoms. The zero-order chi connectivity index (χ0) is 18.8. The summed E-state index contributed by atoms with van der Waals surface area (Å²) in [6.07, 6.45) is 3.07.